The summed E-state index contributed by atoms with van der Waals surface area (Å²) in [5.41, 5.74) is 2.72. The van der Waals surface area contributed by atoms with Gasteiger partial charge in [-0.1, -0.05) is 42.0 Å². The molecule has 0 fully saturated rings. The van der Waals surface area contributed by atoms with Gasteiger partial charge in [0, 0.05) is 0 Å². The van der Waals surface area contributed by atoms with Crippen LogP contribution in [0.5, 0.6) is 17.2 Å². The third-order valence-corrected chi connectivity index (χ3v) is 7.98. The van der Waals surface area contributed by atoms with E-state index in [1.54, 1.807) is 43.5 Å². The van der Waals surface area contributed by atoms with Gasteiger partial charge in [-0.25, -0.2) is 8.42 Å². The van der Waals surface area contributed by atoms with Gasteiger partial charge in [0.25, 0.3) is 10.1 Å². The Balaban J connectivity index is 1.65. The molecule has 35 heavy (non-hydrogen) atoms. The van der Waals surface area contributed by atoms with Crippen LogP contribution in [-0.4, -0.2) is 28.5 Å². The monoisotopic (exact) mass is 510 g/mol. The Morgan fingerprint density at radius 1 is 0.657 bits per heavy atom. The van der Waals surface area contributed by atoms with Crippen molar-refractivity contribution < 1.29 is 30.9 Å². The molecule has 0 aliphatic heterocycles. The summed E-state index contributed by atoms with van der Waals surface area (Å²) in [6.45, 7) is 1.82. The highest BCUT2D eigenvalue weighted by Gasteiger charge is 2.24. The number of aryl methyl sites for hydroxylation is 1. The van der Waals surface area contributed by atoms with Gasteiger partial charge in [-0.05, 0) is 72.6 Å². The second kappa shape index (κ2) is 9.53. The topological polar surface area (TPSA) is 107 Å². The van der Waals surface area contributed by atoms with Gasteiger partial charge < -0.3 is 9.47 Å². The first-order chi connectivity index (χ1) is 16.6. The van der Waals surface area contributed by atoms with Crippen LogP contribution in [0.3, 0.4) is 0 Å². The van der Waals surface area contributed by atoms with Crippen LogP contribution in [0.15, 0.2) is 106 Å². The van der Waals surface area contributed by atoms with Gasteiger partial charge in [0.15, 0.2) is 0 Å². The van der Waals surface area contributed by atoms with Crippen molar-refractivity contribution in [3.8, 4) is 28.4 Å². The maximum absolute atomic E-state index is 13.0. The lowest BCUT2D eigenvalue weighted by molar-refractivity contribution is 0.415. The highest BCUT2D eigenvalue weighted by Crippen LogP contribution is 2.34. The summed E-state index contributed by atoms with van der Waals surface area (Å²) in [7, 11) is -7.20. The fourth-order valence-electron chi connectivity index (χ4n) is 3.42. The van der Waals surface area contributed by atoms with Crippen LogP contribution in [0.25, 0.3) is 11.1 Å². The first-order valence-corrected chi connectivity index (χ1v) is 13.4. The van der Waals surface area contributed by atoms with E-state index in [4.69, 9.17) is 9.47 Å². The van der Waals surface area contributed by atoms with Crippen molar-refractivity contribution in [3.05, 3.63) is 96.6 Å². The van der Waals surface area contributed by atoms with Gasteiger partial charge in [0.1, 0.15) is 22.1 Å². The largest absolute Gasteiger partial charge is 0.497 e. The summed E-state index contributed by atoms with van der Waals surface area (Å²) < 4.78 is 70.7. The first kappa shape index (κ1) is 24.5. The maximum atomic E-state index is 13.0. The van der Waals surface area contributed by atoms with Gasteiger partial charge >= 0.3 is 0 Å². The van der Waals surface area contributed by atoms with E-state index in [2.05, 4.69) is 0 Å². The highest BCUT2D eigenvalue weighted by atomic mass is 32.2. The van der Waals surface area contributed by atoms with E-state index >= 15 is 0 Å². The van der Waals surface area contributed by atoms with E-state index in [1.165, 1.54) is 24.3 Å². The van der Waals surface area contributed by atoms with Crippen LogP contribution in [-0.2, 0) is 20.0 Å². The molecule has 0 spiro atoms. The van der Waals surface area contributed by atoms with Crippen molar-refractivity contribution >= 4 is 20.0 Å². The Hall–Kier alpha value is -3.66. The van der Waals surface area contributed by atoms with E-state index in [9.17, 15) is 21.4 Å². The molecule has 0 saturated heterocycles. The molecule has 0 saturated carbocycles. The number of ether oxygens (including phenoxy) is 2. The second-order valence-corrected chi connectivity index (χ2v) is 11.1. The van der Waals surface area contributed by atoms with Crippen molar-refractivity contribution in [2.24, 2.45) is 0 Å². The van der Waals surface area contributed by atoms with E-state index in [-0.39, 0.29) is 15.5 Å². The standard InChI is InChI=1S/C26H22O7S2/c1-18-3-13-23(14-4-18)34(27,28)24-15-16-25(26(17-24)35(29,30)31)33-22-11-7-20(8-12-22)19-5-9-21(32-2)10-6-19/h3-17H,1-2H3,(H,29,30,31). The normalized spacial score (nSPS) is 11.7. The predicted molar refractivity (Wildman–Crippen MR) is 131 cm³/mol. The van der Waals surface area contributed by atoms with Crippen molar-refractivity contribution in [2.45, 2.75) is 21.6 Å². The molecule has 7 nitrogen and oxygen atoms in total. The maximum Gasteiger partial charge on any atom is 0.298 e. The van der Waals surface area contributed by atoms with Crippen LogP contribution in [0.2, 0.25) is 0 Å². The predicted octanol–water partition coefficient (Wildman–Crippen LogP) is 5.54. The summed E-state index contributed by atoms with van der Waals surface area (Å²) in [5, 5.41) is 0. The molecular weight excluding hydrogens is 488 g/mol. The van der Waals surface area contributed by atoms with Crippen molar-refractivity contribution in [1.82, 2.24) is 0 Å². The zero-order chi connectivity index (χ0) is 25.2. The molecule has 0 atom stereocenters. The number of hydrogen-bond donors (Lipinski definition) is 1. The smallest absolute Gasteiger partial charge is 0.298 e. The lowest BCUT2D eigenvalue weighted by atomic mass is 10.1. The van der Waals surface area contributed by atoms with E-state index in [0.29, 0.717) is 5.75 Å². The van der Waals surface area contributed by atoms with E-state index in [1.807, 2.05) is 31.2 Å². The zero-order valence-electron chi connectivity index (χ0n) is 18.9. The molecule has 0 heterocycles. The molecule has 180 valence electrons. The molecule has 0 aliphatic carbocycles. The molecule has 1 N–H and O–H groups in total. The molecule has 0 unspecified atom stereocenters. The van der Waals surface area contributed by atoms with Crippen LogP contribution in [0.1, 0.15) is 5.56 Å². The lowest BCUT2D eigenvalue weighted by Crippen LogP contribution is -2.06. The summed E-state index contributed by atoms with van der Waals surface area (Å²) in [5.74, 6) is 0.841. The Bertz CT molecular complexity index is 1560. The molecule has 4 aromatic rings. The average Bonchev–Trinajstić information content (AvgIpc) is 2.84. The first-order valence-electron chi connectivity index (χ1n) is 10.4. The number of rotatable bonds is 7. The van der Waals surface area contributed by atoms with Crippen LogP contribution >= 0.6 is 0 Å². The van der Waals surface area contributed by atoms with Gasteiger partial charge in [-0.3, -0.25) is 4.55 Å². The quantitative estimate of drug-likeness (QED) is 0.325. The highest BCUT2D eigenvalue weighted by molar-refractivity contribution is 7.91. The molecule has 0 aromatic heterocycles. The molecule has 9 heteroatoms. The summed E-state index contributed by atoms with van der Waals surface area (Å²) in [6.07, 6.45) is 0. The molecule has 0 amide bonds. The number of benzene rings is 4. The van der Waals surface area contributed by atoms with Gasteiger partial charge in [-0.2, -0.15) is 8.42 Å². The summed E-state index contributed by atoms with van der Waals surface area (Å²) >= 11 is 0. The Kier molecular flexibility index (Phi) is 6.66. The molecule has 4 aromatic carbocycles. The molecule has 0 bridgehead atoms. The molecule has 4 rings (SSSR count). The Labute approximate surface area is 204 Å². The van der Waals surface area contributed by atoms with Crippen molar-refractivity contribution in [1.29, 1.82) is 0 Å². The van der Waals surface area contributed by atoms with Crippen molar-refractivity contribution in [2.75, 3.05) is 7.11 Å². The van der Waals surface area contributed by atoms with Crippen LogP contribution in [0, 0.1) is 6.92 Å². The third kappa shape index (κ3) is 5.37. The minimum absolute atomic E-state index is 0.00665. The Morgan fingerprint density at radius 2 is 1.17 bits per heavy atom. The average molecular weight is 511 g/mol. The van der Waals surface area contributed by atoms with Crippen LogP contribution in [0.4, 0.5) is 0 Å². The number of sulfone groups is 1. The minimum Gasteiger partial charge on any atom is -0.497 e. The molecular formula is C26H22O7S2. The van der Waals surface area contributed by atoms with Crippen molar-refractivity contribution in [3.63, 3.8) is 0 Å². The fourth-order valence-corrected chi connectivity index (χ4v) is 5.42. The minimum atomic E-state index is -4.78. The Morgan fingerprint density at radius 3 is 1.69 bits per heavy atom. The van der Waals surface area contributed by atoms with Crippen LogP contribution < -0.4 is 9.47 Å². The lowest BCUT2D eigenvalue weighted by Gasteiger charge is -2.12. The zero-order valence-corrected chi connectivity index (χ0v) is 20.5. The van der Waals surface area contributed by atoms with Gasteiger partial charge in [0.2, 0.25) is 9.84 Å². The summed E-state index contributed by atoms with van der Waals surface area (Å²) in [4.78, 5) is -0.923. The van der Waals surface area contributed by atoms with Gasteiger partial charge in [0.05, 0.1) is 16.9 Å². The summed E-state index contributed by atoms with van der Waals surface area (Å²) in [6, 6.07) is 23.9. The molecule has 0 aliphatic rings. The SMILES string of the molecule is COc1ccc(-c2ccc(Oc3ccc(S(=O)(=O)c4ccc(C)cc4)cc3S(=O)(=O)O)cc2)cc1. The fraction of sp³-hybridized carbons (Fsp3) is 0.0769. The molecule has 0 radical (unpaired) electrons. The van der Waals surface area contributed by atoms with Gasteiger partial charge in [-0.15, -0.1) is 0 Å². The van der Waals surface area contributed by atoms with E-state index in [0.717, 1.165) is 28.5 Å². The van der Waals surface area contributed by atoms with E-state index < -0.39 is 24.9 Å². The number of methoxy groups -OCH3 is 1. The third-order valence-electron chi connectivity index (χ3n) is 5.34. The number of hydrogen-bond acceptors (Lipinski definition) is 6. The second-order valence-electron chi connectivity index (χ2n) is 7.76.